The highest BCUT2D eigenvalue weighted by molar-refractivity contribution is 5.76. The summed E-state index contributed by atoms with van der Waals surface area (Å²) in [5, 5.41) is 9.24. The van der Waals surface area contributed by atoms with Crippen LogP contribution in [0.5, 0.6) is 5.75 Å². The first-order chi connectivity index (χ1) is 10.1. The largest absolute Gasteiger partial charge is 0.486 e. The van der Waals surface area contributed by atoms with E-state index in [0.717, 1.165) is 24.3 Å². The molecule has 5 heteroatoms. The zero-order chi connectivity index (χ0) is 14.8. The zero-order valence-corrected chi connectivity index (χ0v) is 11.9. The van der Waals surface area contributed by atoms with Gasteiger partial charge in [-0.05, 0) is 38.3 Å². The van der Waals surface area contributed by atoms with E-state index in [1.54, 1.807) is 0 Å². The number of carboxylic acid groups (broad SMARTS) is 1. The predicted molar refractivity (Wildman–Crippen MR) is 77.4 cm³/mol. The summed E-state index contributed by atoms with van der Waals surface area (Å²) in [6.07, 6.45) is 2.40. The van der Waals surface area contributed by atoms with Crippen molar-refractivity contribution < 1.29 is 14.6 Å². The number of carboxylic acids is 1. The van der Waals surface area contributed by atoms with Crippen LogP contribution in [0.25, 0.3) is 0 Å². The Kier molecular flexibility index (Phi) is 3.64. The van der Waals surface area contributed by atoms with Gasteiger partial charge in [-0.15, -0.1) is 0 Å². The lowest BCUT2D eigenvalue weighted by atomic mass is 9.90. The molecule has 1 aliphatic rings. The Balaban J connectivity index is 1.72. The highest BCUT2D eigenvalue weighted by atomic mass is 16.5. The minimum absolute atomic E-state index is 0.322. The number of aliphatic carboxylic acids is 1. The van der Waals surface area contributed by atoms with Crippen molar-refractivity contribution >= 4 is 5.97 Å². The van der Waals surface area contributed by atoms with Crippen molar-refractivity contribution in [1.82, 2.24) is 9.97 Å². The van der Waals surface area contributed by atoms with Gasteiger partial charge in [0, 0.05) is 5.69 Å². The van der Waals surface area contributed by atoms with E-state index in [9.17, 15) is 9.90 Å². The van der Waals surface area contributed by atoms with Gasteiger partial charge >= 0.3 is 5.97 Å². The molecule has 1 unspecified atom stereocenters. The number of nitrogens with one attached hydrogen (secondary N) is 1. The molecule has 0 amide bonds. The Labute approximate surface area is 123 Å². The van der Waals surface area contributed by atoms with Crippen LogP contribution in [-0.4, -0.2) is 21.0 Å². The number of imidazole rings is 1. The van der Waals surface area contributed by atoms with Crippen molar-refractivity contribution in [3.63, 3.8) is 0 Å². The summed E-state index contributed by atoms with van der Waals surface area (Å²) in [5.74, 6) is 0.185. The minimum Gasteiger partial charge on any atom is -0.486 e. The molecule has 2 aromatic rings. The SMILES string of the molecule is Cc1ccc(OCc2nc3c([nH]2)CCCC3C(=O)O)cc1. The molecule has 5 nitrogen and oxygen atoms in total. The number of benzene rings is 1. The molecule has 0 radical (unpaired) electrons. The Hall–Kier alpha value is -2.30. The standard InChI is InChI=1S/C16H18N2O3/c1-10-5-7-11(8-6-10)21-9-14-17-13-4-2-3-12(16(19)20)15(13)18-14/h5-8,12H,2-4,9H2,1H3,(H,17,18)(H,19,20). The molecule has 0 spiro atoms. The van der Waals surface area contributed by atoms with E-state index >= 15 is 0 Å². The van der Waals surface area contributed by atoms with E-state index in [4.69, 9.17) is 4.74 Å². The second-order valence-corrected chi connectivity index (χ2v) is 5.43. The number of carbonyl (C=O) groups is 1. The van der Waals surface area contributed by atoms with Gasteiger partial charge in [0.1, 0.15) is 24.1 Å². The molecule has 2 N–H and O–H groups in total. The van der Waals surface area contributed by atoms with Gasteiger partial charge in [0.2, 0.25) is 0 Å². The fourth-order valence-corrected chi connectivity index (χ4v) is 2.67. The lowest BCUT2D eigenvalue weighted by Crippen LogP contribution is -2.17. The summed E-state index contributed by atoms with van der Waals surface area (Å²) in [7, 11) is 0. The molecule has 1 aliphatic carbocycles. The summed E-state index contributed by atoms with van der Waals surface area (Å²) in [6.45, 7) is 2.35. The van der Waals surface area contributed by atoms with Gasteiger partial charge in [0.25, 0.3) is 0 Å². The van der Waals surface area contributed by atoms with Crippen LogP contribution in [0.15, 0.2) is 24.3 Å². The van der Waals surface area contributed by atoms with Crippen LogP contribution in [0.2, 0.25) is 0 Å². The Morgan fingerprint density at radius 3 is 2.90 bits per heavy atom. The Morgan fingerprint density at radius 2 is 2.19 bits per heavy atom. The quantitative estimate of drug-likeness (QED) is 0.906. The number of aromatic nitrogens is 2. The van der Waals surface area contributed by atoms with Gasteiger partial charge in [0.15, 0.2) is 0 Å². The van der Waals surface area contributed by atoms with Crippen molar-refractivity contribution in [2.75, 3.05) is 0 Å². The van der Waals surface area contributed by atoms with Gasteiger partial charge in [-0.1, -0.05) is 17.7 Å². The van der Waals surface area contributed by atoms with Crippen molar-refractivity contribution in [3.05, 3.63) is 47.0 Å². The van der Waals surface area contributed by atoms with Crippen molar-refractivity contribution in [2.24, 2.45) is 0 Å². The number of nitrogens with zero attached hydrogens (tertiary/aromatic N) is 1. The number of hydrogen-bond acceptors (Lipinski definition) is 3. The average Bonchev–Trinajstić information content (AvgIpc) is 2.89. The predicted octanol–water partition coefficient (Wildman–Crippen LogP) is 2.80. The number of H-pyrrole nitrogens is 1. The number of rotatable bonds is 4. The van der Waals surface area contributed by atoms with E-state index < -0.39 is 11.9 Å². The number of fused-ring (bicyclic) bond motifs is 1. The highest BCUT2D eigenvalue weighted by Gasteiger charge is 2.29. The molecule has 110 valence electrons. The molecule has 0 saturated carbocycles. The molecule has 21 heavy (non-hydrogen) atoms. The fraction of sp³-hybridized carbons (Fsp3) is 0.375. The van der Waals surface area contributed by atoms with E-state index in [0.29, 0.717) is 24.5 Å². The molecule has 3 rings (SSSR count). The fourth-order valence-electron chi connectivity index (χ4n) is 2.67. The van der Waals surface area contributed by atoms with Gasteiger partial charge < -0.3 is 14.8 Å². The second-order valence-electron chi connectivity index (χ2n) is 5.43. The van der Waals surface area contributed by atoms with Crippen LogP contribution < -0.4 is 4.74 Å². The molecule has 0 aliphatic heterocycles. The van der Waals surface area contributed by atoms with Crippen molar-refractivity contribution in [1.29, 1.82) is 0 Å². The molecular formula is C16H18N2O3. The summed E-state index contributed by atoms with van der Waals surface area (Å²) in [4.78, 5) is 18.9. The maximum Gasteiger partial charge on any atom is 0.312 e. The molecule has 1 atom stereocenters. The third kappa shape index (κ3) is 2.91. The lowest BCUT2D eigenvalue weighted by molar-refractivity contribution is -0.139. The third-order valence-corrected chi connectivity index (χ3v) is 3.80. The maximum atomic E-state index is 11.3. The third-order valence-electron chi connectivity index (χ3n) is 3.80. The first kappa shape index (κ1) is 13.7. The average molecular weight is 286 g/mol. The highest BCUT2D eigenvalue weighted by Crippen LogP contribution is 2.30. The summed E-state index contributed by atoms with van der Waals surface area (Å²) in [5.41, 5.74) is 2.80. The monoisotopic (exact) mass is 286 g/mol. The minimum atomic E-state index is -0.798. The number of aryl methyl sites for hydroxylation is 2. The molecule has 1 aromatic carbocycles. The summed E-state index contributed by atoms with van der Waals surface area (Å²) in [6, 6.07) is 7.81. The number of hydrogen-bond donors (Lipinski definition) is 2. The lowest BCUT2D eigenvalue weighted by Gasteiger charge is -2.16. The molecule has 1 aromatic heterocycles. The smallest absolute Gasteiger partial charge is 0.312 e. The van der Waals surface area contributed by atoms with Crippen LogP contribution in [0.4, 0.5) is 0 Å². The number of aromatic amines is 1. The molecule has 0 bridgehead atoms. The van der Waals surface area contributed by atoms with Crippen molar-refractivity contribution in [2.45, 2.75) is 38.7 Å². The van der Waals surface area contributed by atoms with Crippen LogP contribution in [0, 0.1) is 6.92 Å². The molecular weight excluding hydrogens is 268 g/mol. The topological polar surface area (TPSA) is 75.2 Å². The zero-order valence-electron chi connectivity index (χ0n) is 11.9. The molecule has 0 saturated heterocycles. The summed E-state index contributed by atoms with van der Waals surface area (Å²) < 4.78 is 5.68. The van der Waals surface area contributed by atoms with Gasteiger partial charge in [-0.2, -0.15) is 0 Å². The molecule has 0 fully saturated rings. The van der Waals surface area contributed by atoms with E-state index in [2.05, 4.69) is 9.97 Å². The van der Waals surface area contributed by atoms with Crippen molar-refractivity contribution in [3.8, 4) is 5.75 Å². The second kappa shape index (κ2) is 5.60. The van der Waals surface area contributed by atoms with E-state index in [1.807, 2.05) is 31.2 Å². The van der Waals surface area contributed by atoms with Gasteiger partial charge in [0.05, 0.1) is 5.69 Å². The molecule has 1 heterocycles. The van der Waals surface area contributed by atoms with Crippen LogP contribution in [-0.2, 0) is 17.8 Å². The first-order valence-corrected chi connectivity index (χ1v) is 7.13. The van der Waals surface area contributed by atoms with Crippen LogP contribution in [0.3, 0.4) is 0 Å². The summed E-state index contributed by atoms with van der Waals surface area (Å²) >= 11 is 0. The van der Waals surface area contributed by atoms with Crippen LogP contribution in [0.1, 0.15) is 41.5 Å². The van der Waals surface area contributed by atoms with E-state index in [1.165, 1.54) is 5.56 Å². The Bertz CT molecular complexity index is 646. The first-order valence-electron chi connectivity index (χ1n) is 7.13. The van der Waals surface area contributed by atoms with Gasteiger partial charge in [-0.3, -0.25) is 4.79 Å². The normalized spacial score (nSPS) is 17.3. The van der Waals surface area contributed by atoms with E-state index in [-0.39, 0.29) is 0 Å². The maximum absolute atomic E-state index is 11.3. The van der Waals surface area contributed by atoms with Crippen LogP contribution >= 0.6 is 0 Å². The van der Waals surface area contributed by atoms with Gasteiger partial charge in [-0.25, -0.2) is 4.98 Å². The number of ether oxygens (including phenoxy) is 1. The Morgan fingerprint density at radius 1 is 1.43 bits per heavy atom.